The number of hydrogen-bond acceptors (Lipinski definition) is 2. The lowest BCUT2D eigenvalue weighted by atomic mass is 9.97. The van der Waals surface area contributed by atoms with E-state index in [9.17, 15) is 9.18 Å². The minimum absolute atomic E-state index is 0.000755. The quantitative estimate of drug-likeness (QED) is 0.891. The largest absolute Gasteiger partial charge is 0.349 e. The van der Waals surface area contributed by atoms with Crippen LogP contribution in [0.4, 0.5) is 4.39 Å². The van der Waals surface area contributed by atoms with Crippen LogP contribution in [0, 0.1) is 11.7 Å². The molecule has 0 aliphatic carbocycles. The van der Waals surface area contributed by atoms with Gasteiger partial charge in [0.25, 0.3) is 0 Å². The van der Waals surface area contributed by atoms with Crippen molar-refractivity contribution in [3.05, 3.63) is 71.5 Å². The highest BCUT2D eigenvalue weighted by molar-refractivity contribution is 5.79. The standard InChI is InChI=1S/C19H21FN2O/c20-17-9-5-4-8-16(17)18(12-14-6-2-1-3-7-14)22-19(23)15-10-11-21-13-15/h1-9,15,18,21H,10-13H2,(H,22,23)/t15-,18-/m0/s1. The molecule has 2 aromatic rings. The Balaban J connectivity index is 1.81. The molecule has 4 heteroatoms. The lowest BCUT2D eigenvalue weighted by Crippen LogP contribution is -2.36. The van der Waals surface area contributed by atoms with E-state index in [2.05, 4.69) is 10.6 Å². The summed E-state index contributed by atoms with van der Waals surface area (Å²) >= 11 is 0. The van der Waals surface area contributed by atoms with Crippen LogP contribution in [0.5, 0.6) is 0 Å². The molecule has 3 rings (SSSR count). The zero-order valence-electron chi connectivity index (χ0n) is 13.0. The van der Waals surface area contributed by atoms with E-state index in [4.69, 9.17) is 0 Å². The Kier molecular flexibility index (Phi) is 5.03. The third kappa shape index (κ3) is 3.96. The molecule has 3 nitrogen and oxygen atoms in total. The third-order valence-electron chi connectivity index (χ3n) is 4.31. The van der Waals surface area contributed by atoms with Gasteiger partial charge in [-0.2, -0.15) is 0 Å². The van der Waals surface area contributed by atoms with Gasteiger partial charge in [-0.15, -0.1) is 0 Å². The molecule has 0 bridgehead atoms. The van der Waals surface area contributed by atoms with Gasteiger partial charge in [-0.1, -0.05) is 48.5 Å². The molecule has 1 heterocycles. The van der Waals surface area contributed by atoms with E-state index in [0.717, 1.165) is 18.5 Å². The number of carbonyl (C=O) groups excluding carboxylic acids is 1. The fraction of sp³-hybridized carbons (Fsp3) is 0.316. The highest BCUT2D eigenvalue weighted by Crippen LogP contribution is 2.22. The molecule has 2 atom stereocenters. The molecule has 0 spiro atoms. The van der Waals surface area contributed by atoms with E-state index in [1.807, 2.05) is 30.3 Å². The molecule has 1 amide bonds. The van der Waals surface area contributed by atoms with Crippen LogP contribution in [-0.4, -0.2) is 19.0 Å². The number of benzene rings is 2. The van der Waals surface area contributed by atoms with Crippen LogP contribution in [-0.2, 0) is 11.2 Å². The number of hydrogen-bond donors (Lipinski definition) is 2. The average molecular weight is 312 g/mol. The summed E-state index contributed by atoms with van der Waals surface area (Å²) in [5.41, 5.74) is 1.61. The molecule has 120 valence electrons. The zero-order chi connectivity index (χ0) is 16.1. The average Bonchev–Trinajstić information content (AvgIpc) is 3.10. The van der Waals surface area contributed by atoms with Crippen LogP contribution >= 0.6 is 0 Å². The molecule has 23 heavy (non-hydrogen) atoms. The van der Waals surface area contributed by atoms with Crippen LogP contribution in [0.1, 0.15) is 23.6 Å². The first kappa shape index (κ1) is 15.7. The van der Waals surface area contributed by atoms with Gasteiger partial charge in [0.05, 0.1) is 12.0 Å². The van der Waals surface area contributed by atoms with Gasteiger partial charge in [-0.05, 0) is 31.0 Å². The zero-order valence-corrected chi connectivity index (χ0v) is 13.0. The molecule has 1 aliphatic heterocycles. The molecule has 0 unspecified atom stereocenters. The number of rotatable bonds is 5. The molecule has 2 N–H and O–H groups in total. The van der Waals surface area contributed by atoms with Gasteiger partial charge >= 0.3 is 0 Å². The van der Waals surface area contributed by atoms with Gasteiger partial charge in [-0.25, -0.2) is 4.39 Å². The first-order valence-electron chi connectivity index (χ1n) is 8.03. The first-order valence-corrected chi connectivity index (χ1v) is 8.03. The molecule has 1 saturated heterocycles. The predicted octanol–water partition coefficient (Wildman–Crippen LogP) is 2.84. The van der Waals surface area contributed by atoms with Crippen molar-refractivity contribution in [3.63, 3.8) is 0 Å². The number of amides is 1. The van der Waals surface area contributed by atoms with Crippen LogP contribution in [0.15, 0.2) is 54.6 Å². The molecular formula is C19H21FN2O. The summed E-state index contributed by atoms with van der Waals surface area (Å²) < 4.78 is 14.2. The fourth-order valence-electron chi connectivity index (χ4n) is 3.01. The summed E-state index contributed by atoms with van der Waals surface area (Å²) in [7, 11) is 0. The second-order valence-electron chi connectivity index (χ2n) is 5.96. The Morgan fingerprint density at radius 2 is 1.91 bits per heavy atom. The smallest absolute Gasteiger partial charge is 0.224 e. The summed E-state index contributed by atoms with van der Waals surface area (Å²) in [5, 5.41) is 6.24. The summed E-state index contributed by atoms with van der Waals surface area (Å²) in [6, 6.07) is 16.2. The van der Waals surface area contributed by atoms with Crippen molar-refractivity contribution < 1.29 is 9.18 Å². The predicted molar refractivity (Wildman–Crippen MR) is 88.4 cm³/mol. The lowest BCUT2D eigenvalue weighted by Gasteiger charge is -2.22. The first-order chi connectivity index (χ1) is 11.2. The van der Waals surface area contributed by atoms with E-state index in [1.165, 1.54) is 6.07 Å². The number of nitrogens with one attached hydrogen (secondary N) is 2. The van der Waals surface area contributed by atoms with Crippen molar-refractivity contribution in [3.8, 4) is 0 Å². The fourth-order valence-corrected chi connectivity index (χ4v) is 3.01. The summed E-state index contributed by atoms with van der Waals surface area (Å²) in [5.74, 6) is -0.308. The number of halogens is 1. The van der Waals surface area contributed by atoms with E-state index in [1.54, 1.807) is 18.2 Å². The van der Waals surface area contributed by atoms with Gasteiger partial charge in [0.2, 0.25) is 5.91 Å². The minimum atomic E-state index is -0.355. The van der Waals surface area contributed by atoms with E-state index >= 15 is 0 Å². The van der Waals surface area contributed by atoms with Crippen LogP contribution in [0.25, 0.3) is 0 Å². The summed E-state index contributed by atoms with van der Waals surface area (Å²) in [6.07, 6.45) is 1.41. The molecule has 1 fully saturated rings. The Hall–Kier alpha value is -2.20. The topological polar surface area (TPSA) is 41.1 Å². The Morgan fingerprint density at radius 3 is 2.61 bits per heavy atom. The summed E-state index contributed by atoms with van der Waals surface area (Å²) in [4.78, 5) is 12.5. The monoisotopic (exact) mass is 312 g/mol. The highest BCUT2D eigenvalue weighted by Gasteiger charge is 2.26. The van der Waals surface area contributed by atoms with Crippen LogP contribution in [0.3, 0.4) is 0 Å². The molecule has 2 aromatic carbocycles. The molecule has 0 radical (unpaired) electrons. The van der Waals surface area contributed by atoms with Gasteiger partial charge in [-0.3, -0.25) is 4.79 Å². The highest BCUT2D eigenvalue weighted by atomic mass is 19.1. The molecular weight excluding hydrogens is 291 g/mol. The number of carbonyl (C=O) groups is 1. The van der Waals surface area contributed by atoms with Crippen LogP contribution < -0.4 is 10.6 Å². The van der Waals surface area contributed by atoms with Crippen molar-refractivity contribution in [1.29, 1.82) is 0 Å². The van der Waals surface area contributed by atoms with E-state index < -0.39 is 0 Å². The van der Waals surface area contributed by atoms with Gasteiger partial charge in [0.1, 0.15) is 5.82 Å². The van der Waals surface area contributed by atoms with Crippen molar-refractivity contribution in [1.82, 2.24) is 10.6 Å². The van der Waals surface area contributed by atoms with Gasteiger partial charge < -0.3 is 10.6 Å². The summed E-state index contributed by atoms with van der Waals surface area (Å²) in [6.45, 7) is 1.56. The second-order valence-corrected chi connectivity index (χ2v) is 5.96. The SMILES string of the molecule is O=C(N[C@@H](Cc1ccccc1)c1ccccc1F)[C@H]1CCNC1. The maximum atomic E-state index is 14.2. The van der Waals surface area contributed by atoms with E-state index in [-0.39, 0.29) is 23.7 Å². The van der Waals surface area contributed by atoms with Crippen molar-refractivity contribution in [2.24, 2.45) is 5.92 Å². The van der Waals surface area contributed by atoms with Crippen molar-refractivity contribution >= 4 is 5.91 Å². The van der Waals surface area contributed by atoms with Gasteiger partial charge in [0, 0.05) is 12.1 Å². The van der Waals surface area contributed by atoms with Crippen molar-refractivity contribution in [2.75, 3.05) is 13.1 Å². The molecule has 0 saturated carbocycles. The van der Waals surface area contributed by atoms with Gasteiger partial charge in [0.15, 0.2) is 0 Å². The molecule has 0 aromatic heterocycles. The maximum Gasteiger partial charge on any atom is 0.224 e. The Labute approximate surface area is 135 Å². The Morgan fingerprint density at radius 1 is 1.17 bits per heavy atom. The normalized spacial score (nSPS) is 18.6. The lowest BCUT2D eigenvalue weighted by molar-refractivity contribution is -0.125. The van der Waals surface area contributed by atoms with Crippen molar-refractivity contribution in [2.45, 2.75) is 18.9 Å². The minimum Gasteiger partial charge on any atom is -0.349 e. The van der Waals surface area contributed by atoms with E-state index in [0.29, 0.717) is 18.5 Å². The third-order valence-corrected chi connectivity index (χ3v) is 4.31. The Bertz CT molecular complexity index is 653. The second kappa shape index (κ2) is 7.38. The molecule has 1 aliphatic rings. The van der Waals surface area contributed by atoms with Crippen LogP contribution in [0.2, 0.25) is 0 Å². The maximum absolute atomic E-state index is 14.2.